The van der Waals surface area contributed by atoms with Crippen molar-refractivity contribution in [2.45, 2.75) is 105 Å². The maximum atomic E-state index is 13.3. The zero-order valence-corrected chi connectivity index (χ0v) is 32.0. The fourth-order valence-electron chi connectivity index (χ4n) is 4.42. The van der Waals surface area contributed by atoms with Gasteiger partial charge < -0.3 is 28.8 Å². The van der Waals surface area contributed by atoms with Crippen LogP contribution in [0.25, 0.3) is 11.2 Å². The van der Waals surface area contributed by atoms with Gasteiger partial charge in [0.05, 0.1) is 29.5 Å². The van der Waals surface area contributed by atoms with Crippen LogP contribution >= 0.6 is 35.0 Å². The molecule has 0 unspecified atom stereocenters. The Bertz CT molecular complexity index is 1600. The van der Waals surface area contributed by atoms with Crippen molar-refractivity contribution in [1.82, 2.24) is 24.8 Å². The van der Waals surface area contributed by atoms with Crippen LogP contribution in [0.5, 0.6) is 5.75 Å². The van der Waals surface area contributed by atoms with Gasteiger partial charge in [0.25, 0.3) is 0 Å². The monoisotopic (exact) mass is 740 g/mol. The van der Waals surface area contributed by atoms with Crippen LogP contribution in [0.2, 0.25) is 10.0 Å². The summed E-state index contributed by atoms with van der Waals surface area (Å²) in [5, 5.41) is 3.55. The van der Waals surface area contributed by atoms with E-state index in [1.165, 1.54) is 12.7 Å². The highest BCUT2D eigenvalue weighted by atomic mass is 35.5. The molecule has 16 heteroatoms. The van der Waals surface area contributed by atoms with Gasteiger partial charge in [0.2, 0.25) is 0 Å². The van der Waals surface area contributed by atoms with Crippen molar-refractivity contribution in [3.63, 3.8) is 0 Å². The Morgan fingerprint density at radius 2 is 1.53 bits per heavy atom. The quantitative estimate of drug-likeness (QED) is 0.150. The van der Waals surface area contributed by atoms with Crippen molar-refractivity contribution >= 4 is 70.2 Å². The maximum Gasteiger partial charge on any atom is 0.425 e. The maximum absolute atomic E-state index is 13.3. The summed E-state index contributed by atoms with van der Waals surface area (Å²) in [5.74, 6) is 1.10. The highest BCUT2D eigenvalue weighted by Crippen LogP contribution is 2.35. The number of thioether (sulfide) groups is 1. The molecule has 0 saturated carbocycles. The second kappa shape index (κ2) is 16.5. The topological polar surface area (TPSA) is 147 Å². The number of imide groups is 1. The van der Waals surface area contributed by atoms with Gasteiger partial charge in [-0.2, -0.15) is 16.7 Å². The number of benzene rings is 1. The number of hydrogen-bond donors (Lipinski definition) is 1. The SMILES string of the molecule is CSC[C@@H](CCCOc1ccc(Cl)c(Cl)c1Cn1cnc2c(N(C(=O)OC(C)(C)C)C(=O)OC(C)(C)C)ncnc21)NC(=O)OC(C)(C)C. The Morgan fingerprint density at radius 1 is 0.918 bits per heavy atom. The number of carbonyl (C=O) groups is 3. The number of carbonyl (C=O) groups excluding carboxylic acids is 3. The van der Waals surface area contributed by atoms with Crippen molar-refractivity contribution in [1.29, 1.82) is 0 Å². The minimum atomic E-state index is -0.981. The molecule has 13 nitrogen and oxygen atoms in total. The van der Waals surface area contributed by atoms with Crippen molar-refractivity contribution in [3.05, 3.63) is 40.4 Å². The van der Waals surface area contributed by atoms with Gasteiger partial charge in [0.15, 0.2) is 17.0 Å². The third-order valence-electron chi connectivity index (χ3n) is 6.27. The Labute approximate surface area is 301 Å². The molecular weight excluding hydrogens is 695 g/mol. The molecule has 1 aromatic carbocycles. The van der Waals surface area contributed by atoms with Crippen LogP contribution < -0.4 is 15.0 Å². The summed E-state index contributed by atoms with van der Waals surface area (Å²) < 4.78 is 24.3. The van der Waals surface area contributed by atoms with Crippen molar-refractivity contribution in [3.8, 4) is 5.75 Å². The number of halogens is 2. The van der Waals surface area contributed by atoms with Gasteiger partial charge in [0, 0.05) is 17.4 Å². The molecule has 1 N–H and O–H groups in total. The molecule has 3 rings (SSSR count). The summed E-state index contributed by atoms with van der Waals surface area (Å²) in [6.45, 7) is 16.0. The average molecular weight is 742 g/mol. The second-order valence-electron chi connectivity index (χ2n) is 14.2. The van der Waals surface area contributed by atoms with Gasteiger partial charge in [-0.05, 0) is 93.5 Å². The van der Waals surface area contributed by atoms with Gasteiger partial charge in [-0.1, -0.05) is 23.2 Å². The molecule has 0 bridgehead atoms. The van der Waals surface area contributed by atoms with E-state index >= 15 is 0 Å². The largest absolute Gasteiger partial charge is 0.493 e. The molecule has 0 radical (unpaired) electrons. The van der Waals surface area contributed by atoms with Crippen LogP contribution in [0, 0.1) is 0 Å². The van der Waals surface area contributed by atoms with Crippen LogP contribution in [-0.2, 0) is 20.8 Å². The number of aromatic nitrogens is 4. The van der Waals surface area contributed by atoms with E-state index in [0.717, 1.165) is 0 Å². The second-order valence-corrected chi connectivity index (χ2v) is 15.9. The molecule has 0 fully saturated rings. The Morgan fingerprint density at radius 3 is 2.10 bits per heavy atom. The van der Waals surface area contributed by atoms with E-state index in [-0.39, 0.29) is 28.9 Å². The molecule has 0 aliphatic heterocycles. The first-order valence-electron chi connectivity index (χ1n) is 15.7. The number of hydrogen-bond acceptors (Lipinski definition) is 11. The van der Waals surface area contributed by atoms with Gasteiger partial charge in [-0.15, -0.1) is 0 Å². The fourth-order valence-corrected chi connectivity index (χ4v) is 5.47. The number of alkyl carbamates (subject to hydrolysis) is 1. The average Bonchev–Trinajstić information content (AvgIpc) is 3.35. The number of anilines is 1. The summed E-state index contributed by atoms with van der Waals surface area (Å²) in [5.41, 5.74) is -1.39. The van der Waals surface area contributed by atoms with E-state index < -0.39 is 35.1 Å². The lowest BCUT2D eigenvalue weighted by Crippen LogP contribution is -2.44. The van der Waals surface area contributed by atoms with Gasteiger partial charge in [0.1, 0.15) is 28.9 Å². The summed E-state index contributed by atoms with van der Waals surface area (Å²) in [6, 6.07) is 3.28. The minimum absolute atomic E-state index is 0.103. The smallest absolute Gasteiger partial charge is 0.425 e. The molecule has 49 heavy (non-hydrogen) atoms. The normalized spacial score (nSPS) is 12.7. The predicted octanol–water partition coefficient (Wildman–Crippen LogP) is 8.27. The molecule has 3 amide bonds. The first kappa shape index (κ1) is 39.9. The lowest BCUT2D eigenvalue weighted by atomic mass is 10.1. The summed E-state index contributed by atoms with van der Waals surface area (Å²) in [6.07, 6.45) is 3.55. The molecule has 0 spiro atoms. The molecule has 2 heterocycles. The molecule has 1 atom stereocenters. The number of nitrogens with one attached hydrogen (secondary N) is 1. The summed E-state index contributed by atoms with van der Waals surface area (Å²) in [7, 11) is 0. The lowest BCUT2D eigenvalue weighted by Gasteiger charge is -2.28. The Hall–Kier alpha value is -3.49. The first-order valence-corrected chi connectivity index (χ1v) is 17.8. The van der Waals surface area contributed by atoms with Crippen LogP contribution in [0.1, 0.15) is 80.7 Å². The number of ether oxygens (including phenoxy) is 4. The number of fused-ring (bicyclic) bond motifs is 1. The van der Waals surface area contributed by atoms with E-state index in [0.29, 0.717) is 52.1 Å². The number of imidazole rings is 1. The number of amides is 3. The fraction of sp³-hybridized carbons (Fsp3) is 0.576. The molecular formula is C33H46Cl2N6O7S. The van der Waals surface area contributed by atoms with Crippen LogP contribution in [-0.4, -0.2) is 79.3 Å². The van der Waals surface area contributed by atoms with E-state index in [1.54, 1.807) is 70.0 Å². The van der Waals surface area contributed by atoms with E-state index in [4.69, 9.17) is 42.1 Å². The molecule has 2 aromatic heterocycles. The molecule has 0 saturated heterocycles. The van der Waals surface area contributed by atoms with Crippen LogP contribution in [0.4, 0.5) is 20.2 Å². The first-order chi connectivity index (χ1) is 22.7. The van der Waals surface area contributed by atoms with Crippen LogP contribution in [0.15, 0.2) is 24.8 Å². The Balaban J connectivity index is 1.86. The standard InChI is InChI=1S/C33H46Cl2N6O7S/c1-31(2,3)46-28(42)39-20(17-49-10)12-11-15-45-23-14-13-22(34)24(35)21(23)16-40-19-38-25-26(40)36-18-37-27(25)41(29(43)47-32(4,5)6)30(44)48-33(7,8)9/h13-14,18-20H,11-12,15-17H2,1-10H3,(H,39,42)/t20-/m1/s1. The highest BCUT2D eigenvalue weighted by molar-refractivity contribution is 7.98. The predicted molar refractivity (Wildman–Crippen MR) is 192 cm³/mol. The lowest BCUT2D eigenvalue weighted by molar-refractivity contribution is 0.0426. The number of rotatable bonds is 11. The van der Waals surface area contributed by atoms with Crippen molar-refractivity contribution < 1.29 is 33.3 Å². The third-order valence-corrected chi connectivity index (χ3v) is 7.85. The Kier molecular flexibility index (Phi) is 13.4. The highest BCUT2D eigenvalue weighted by Gasteiger charge is 2.35. The van der Waals surface area contributed by atoms with E-state index in [2.05, 4.69) is 20.3 Å². The minimum Gasteiger partial charge on any atom is -0.493 e. The third kappa shape index (κ3) is 12.1. The zero-order chi connectivity index (χ0) is 36.7. The van der Waals surface area contributed by atoms with Gasteiger partial charge >= 0.3 is 18.3 Å². The van der Waals surface area contributed by atoms with E-state index in [1.807, 2.05) is 27.0 Å². The summed E-state index contributed by atoms with van der Waals surface area (Å²) >= 11 is 14.7. The van der Waals surface area contributed by atoms with E-state index in [9.17, 15) is 14.4 Å². The molecule has 3 aromatic rings. The molecule has 0 aliphatic rings. The van der Waals surface area contributed by atoms with Crippen molar-refractivity contribution in [2.75, 3.05) is 23.5 Å². The zero-order valence-electron chi connectivity index (χ0n) is 29.7. The van der Waals surface area contributed by atoms with Crippen molar-refractivity contribution in [2.24, 2.45) is 0 Å². The number of nitrogens with zero attached hydrogens (tertiary/aromatic N) is 5. The van der Waals surface area contributed by atoms with Gasteiger partial charge in [-0.3, -0.25) is 0 Å². The summed E-state index contributed by atoms with van der Waals surface area (Å²) in [4.78, 5) is 52.7. The molecule has 0 aliphatic carbocycles. The van der Waals surface area contributed by atoms with Crippen LogP contribution in [0.3, 0.4) is 0 Å². The van der Waals surface area contributed by atoms with Gasteiger partial charge in [-0.25, -0.2) is 29.3 Å². The molecule has 270 valence electrons.